The van der Waals surface area contributed by atoms with Crippen LogP contribution >= 0.6 is 0 Å². The molecule has 0 fully saturated rings. The zero-order valence-corrected chi connectivity index (χ0v) is 23.3. The zero-order valence-electron chi connectivity index (χ0n) is 23.3. The third-order valence-corrected chi connectivity index (χ3v) is 4.88. The molecular formula is C24H36N2O17. The number of ketones is 2. The number of nitrogens with one attached hydrogen (secondary N) is 1. The molecule has 0 heterocycles. The van der Waals surface area contributed by atoms with Crippen molar-refractivity contribution in [3.63, 3.8) is 0 Å². The Balaban J connectivity index is -0.000000615. The van der Waals surface area contributed by atoms with Gasteiger partial charge in [-0.05, 0) is 26.7 Å². The maximum atomic E-state index is 11.8. The molecule has 43 heavy (non-hydrogen) atoms. The van der Waals surface area contributed by atoms with Crippen LogP contribution in [0.25, 0.3) is 0 Å². The van der Waals surface area contributed by atoms with E-state index in [1.807, 2.05) is 0 Å². The van der Waals surface area contributed by atoms with Crippen LogP contribution in [0.3, 0.4) is 0 Å². The molecule has 19 heteroatoms. The fourth-order valence-electron chi connectivity index (χ4n) is 2.84. The van der Waals surface area contributed by atoms with Gasteiger partial charge in [-0.3, -0.25) is 33.6 Å². The van der Waals surface area contributed by atoms with Crippen molar-refractivity contribution in [1.29, 1.82) is 0 Å². The molecule has 10 N–H and O–H groups in total. The molecular weight excluding hydrogens is 588 g/mol. The Bertz CT molecular complexity index is 1010. The third kappa shape index (κ3) is 27.0. The van der Waals surface area contributed by atoms with Crippen molar-refractivity contribution >= 4 is 59.3 Å². The zero-order chi connectivity index (χ0) is 34.4. The first kappa shape index (κ1) is 42.5. The van der Waals surface area contributed by atoms with E-state index in [2.05, 4.69) is 5.32 Å². The first-order chi connectivity index (χ1) is 19.6. The van der Waals surface area contributed by atoms with Crippen LogP contribution in [0.5, 0.6) is 0 Å². The number of aliphatic carboxylic acids is 7. The van der Waals surface area contributed by atoms with E-state index < -0.39 is 96.7 Å². The lowest BCUT2D eigenvalue weighted by molar-refractivity contribution is -0.149. The normalized spacial score (nSPS) is 12.6. The molecule has 0 aliphatic carbocycles. The Morgan fingerprint density at radius 3 is 1.26 bits per heavy atom. The molecule has 0 aliphatic heterocycles. The fourth-order valence-corrected chi connectivity index (χ4v) is 2.84. The van der Waals surface area contributed by atoms with Crippen LogP contribution in [-0.2, 0) is 47.9 Å². The van der Waals surface area contributed by atoms with Crippen LogP contribution < -0.4 is 11.1 Å². The molecule has 0 saturated heterocycles. The van der Waals surface area contributed by atoms with Crippen molar-refractivity contribution in [3.05, 3.63) is 0 Å². The largest absolute Gasteiger partial charge is 0.481 e. The average Bonchev–Trinajstić information content (AvgIpc) is 2.83. The SMILES string of the molecule is CC(=O)C[C@@H](CC(=O)O)C(=O)N[C@@H](CCC(=O)O)C(=O)O.CC(=O)C[C@@H](CC(=O)O)C(=O)O.N[C@@H](CCC(=O)O)C(=O)O. The van der Waals surface area contributed by atoms with Crippen LogP contribution in [0.2, 0.25) is 0 Å². The van der Waals surface area contributed by atoms with Gasteiger partial charge in [0.2, 0.25) is 5.91 Å². The minimum Gasteiger partial charge on any atom is -0.481 e. The van der Waals surface area contributed by atoms with Gasteiger partial charge in [-0.2, -0.15) is 0 Å². The fraction of sp³-hybridized carbons (Fsp3) is 0.583. The Morgan fingerprint density at radius 1 is 0.535 bits per heavy atom. The van der Waals surface area contributed by atoms with E-state index >= 15 is 0 Å². The maximum absolute atomic E-state index is 11.8. The topological polar surface area (TPSA) is 350 Å². The molecule has 0 aromatic rings. The lowest BCUT2D eigenvalue weighted by Crippen LogP contribution is -2.44. The van der Waals surface area contributed by atoms with Gasteiger partial charge < -0.3 is 56.4 Å². The highest BCUT2D eigenvalue weighted by Crippen LogP contribution is 2.12. The number of carbonyl (C=O) groups is 10. The Kier molecular flexibility index (Phi) is 22.5. The molecule has 0 bridgehead atoms. The highest BCUT2D eigenvalue weighted by atomic mass is 16.4. The van der Waals surface area contributed by atoms with E-state index in [0.29, 0.717) is 0 Å². The standard InChI is InChI=1S/C12H17NO8.C7H10O5.C5H9NO4/c1-6(14)4-7(5-10(17)18)11(19)13-8(12(20)21)2-3-9(15)16;1-4(8)2-5(7(11)12)3-6(9)10;6-3(5(9)10)1-2-4(7)8/h7-8H,2-5H2,1H3,(H,13,19)(H,15,16)(H,17,18)(H,20,21);5H,2-3H2,1H3,(H,9,10)(H,11,12);3H,1-2,6H2,(H,7,8)(H,9,10)/t7-,8-;5-;3-/m000/s1. The first-order valence-electron chi connectivity index (χ1n) is 12.2. The number of hydrogen-bond donors (Lipinski definition) is 9. The summed E-state index contributed by atoms with van der Waals surface area (Å²) in [5, 5.41) is 61.1. The van der Waals surface area contributed by atoms with Gasteiger partial charge >= 0.3 is 41.8 Å². The second-order valence-electron chi connectivity index (χ2n) is 8.95. The summed E-state index contributed by atoms with van der Waals surface area (Å²) < 4.78 is 0. The van der Waals surface area contributed by atoms with Crippen LogP contribution in [0.4, 0.5) is 0 Å². The molecule has 0 unspecified atom stereocenters. The van der Waals surface area contributed by atoms with Gasteiger partial charge in [-0.1, -0.05) is 0 Å². The second-order valence-corrected chi connectivity index (χ2v) is 8.95. The molecule has 1 amide bonds. The molecule has 19 nitrogen and oxygen atoms in total. The minimum absolute atomic E-state index is 0.0231. The smallest absolute Gasteiger partial charge is 0.326 e. The van der Waals surface area contributed by atoms with Crippen molar-refractivity contribution in [2.24, 2.45) is 17.6 Å². The van der Waals surface area contributed by atoms with Crippen molar-refractivity contribution in [1.82, 2.24) is 5.32 Å². The van der Waals surface area contributed by atoms with Crippen molar-refractivity contribution in [3.8, 4) is 0 Å². The first-order valence-corrected chi connectivity index (χ1v) is 12.2. The highest BCUT2D eigenvalue weighted by Gasteiger charge is 2.28. The monoisotopic (exact) mass is 624 g/mol. The molecule has 0 aromatic carbocycles. The van der Waals surface area contributed by atoms with Gasteiger partial charge in [0, 0.05) is 25.7 Å². The van der Waals surface area contributed by atoms with Gasteiger partial charge in [0.25, 0.3) is 0 Å². The molecule has 0 aromatic heterocycles. The van der Waals surface area contributed by atoms with E-state index in [4.69, 9.17) is 41.5 Å². The van der Waals surface area contributed by atoms with Crippen molar-refractivity contribution in [2.75, 3.05) is 0 Å². The van der Waals surface area contributed by atoms with Crippen molar-refractivity contribution in [2.45, 2.75) is 77.3 Å². The molecule has 0 rings (SSSR count). The summed E-state index contributed by atoms with van der Waals surface area (Å²) in [6.07, 6.45) is -2.70. The molecule has 0 aliphatic rings. The molecule has 4 atom stereocenters. The number of amides is 1. The van der Waals surface area contributed by atoms with Gasteiger partial charge in [0.15, 0.2) is 0 Å². The summed E-state index contributed by atoms with van der Waals surface area (Å²) in [5.74, 6) is -12.5. The number of rotatable bonds is 19. The summed E-state index contributed by atoms with van der Waals surface area (Å²) >= 11 is 0. The van der Waals surface area contributed by atoms with E-state index in [1.165, 1.54) is 13.8 Å². The quantitative estimate of drug-likeness (QED) is 0.0822. The summed E-state index contributed by atoms with van der Waals surface area (Å²) in [4.78, 5) is 106. The molecule has 0 spiro atoms. The molecule has 0 saturated carbocycles. The number of carbonyl (C=O) groups excluding carboxylic acids is 3. The Labute approximate surface area is 243 Å². The van der Waals surface area contributed by atoms with Gasteiger partial charge in [0.05, 0.1) is 24.7 Å². The predicted molar refractivity (Wildman–Crippen MR) is 139 cm³/mol. The maximum Gasteiger partial charge on any atom is 0.326 e. The Morgan fingerprint density at radius 2 is 0.930 bits per heavy atom. The summed E-state index contributed by atoms with van der Waals surface area (Å²) in [7, 11) is 0. The van der Waals surface area contributed by atoms with Crippen LogP contribution in [-0.4, -0.2) is 107 Å². The molecule has 0 radical (unpaired) electrons. The van der Waals surface area contributed by atoms with Gasteiger partial charge in [-0.25, -0.2) is 4.79 Å². The lowest BCUT2D eigenvalue weighted by Gasteiger charge is -2.18. The minimum atomic E-state index is -1.45. The van der Waals surface area contributed by atoms with Gasteiger partial charge in [0.1, 0.15) is 23.7 Å². The summed E-state index contributed by atoms with van der Waals surface area (Å²) in [5.41, 5.74) is 5.00. The van der Waals surface area contributed by atoms with Crippen LogP contribution in [0.15, 0.2) is 0 Å². The molecule has 244 valence electrons. The van der Waals surface area contributed by atoms with E-state index in [-0.39, 0.29) is 37.9 Å². The summed E-state index contributed by atoms with van der Waals surface area (Å²) in [6.45, 7) is 2.42. The van der Waals surface area contributed by atoms with Gasteiger partial charge in [-0.15, -0.1) is 0 Å². The Hall–Kier alpha value is -4.94. The number of hydrogen-bond acceptors (Lipinski definition) is 11. The summed E-state index contributed by atoms with van der Waals surface area (Å²) in [6, 6.07) is -2.51. The van der Waals surface area contributed by atoms with Crippen LogP contribution in [0.1, 0.15) is 65.2 Å². The average molecular weight is 625 g/mol. The van der Waals surface area contributed by atoms with Crippen LogP contribution in [0, 0.1) is 11.8 Å². The third-order valence-electron chi connectivity index (χ3n) is 4.88. The van der Waals surface area contributed by atoms with E-state index in [9.17, 15) is 47.9 Å². The van der Waals surface area contributed by atoms with E-state index in [1.54, 1.807) is 0 Å². The predicted octanol–water partition coefficient (Wildman–Crippen LogP) is -1.11. The lowest BCUT2D eigenvalue weighted by atomic mass is 9.97. The van der Waals surface area contributed by atoms with Crippen molar-refractivity contribution < 1.29 is 83.7 Å². The number of nitrogens with two attached hydrogens (primary N) is 1. The number of carboxylic acids is 7. The van der Waals surface area contributed by atoms with E-state index in [0.717, 1.165) is 0 Å². The highest BCUT2D eigenvalue weighted by molar-refractivity contribution is 5.91. The number of Topliss-reactive ketones (excluding diaryl/α,β-unsaturated/α-hetero) is 2. The second kappa shape index (κ2) is 22.7. The number of carboxylic acid groups (broad SMARTS) is 7.